The Labute approximate surface area is 226 Å². The molecule has 0 atom stereocenters. The van der Waals surface area contributed by atoms with Crippen LogP contribution in [0.3, 0.4) is 0 Å². The van der Waals surface area contributed by atoms with Crippen LogP contribution in [0.1, 0.15) is 11.1 Å². The van der Waals surface area contributed by atoms with E-state index in [0.717, 1.165) is 6.07 Å². The van der Waals surface area contributed by atoms with Crippen LogP contribution < -0.4 is 14.8 Å². The number of alkyl halides is 3. The molecular formula is C24H14ClF3IN3O5. The lowest BCUT2D eigenvalue weighted by Crippen LogP contribution is -2.13. The molecular weight excluding hydrogens is 630 g/mol. The Hall–Kier alpha value is -3.83. The Morgan fingerprint density at radius 2 is 1.84 bits per heavy atom. The second-order valence-corrected chi connectivity index (χ2v) is 8.80. The van der Waals surface area contributed by atoms with E-state index in [4.69, 9.17) is 21.1 Å². The van der Waals surface area contributed by atoms with Crippen molar-refractivity contribution in [3.05, 3.63) is 90.0 Å². The summed E-state index contributed by atoms with van der Waals surface area (Å²) >= 11 is 7.65. The van der Waals surface area contributed by atoms with E-state index in [1.165, 1.54) is 25.3 Å². The van der Waals surface area contributed by atoms with Crippen LogP contribution in [0, 0.1) is 25.0 Å². The largest absolute Gasteiger partial charge is 0.493 e. The lowest BCUT2D eigenvalue weighted by atomic mass is 10.1. The molecule has 3 aromatic rings. The van der Waals surface area contributed by atoms with Gasteiger partial charge in [-0.1, -0.05) is 11.6 Å². The summed E-state index contributed by atoms with van der Waals surface area (Å²) in [5.41, 5.74) is -1.54. The predicted molar refractivity (Wildman–Crippen MR) is 138 cm³/mol. The molecule has 0 radical (unpaired) electrons. The van der Waals surface area contributed by atoms with Crippen LogP contribution in [0.5, 0.6) is 17.2 Å². The topological polar surface area (TPSA) is 114 Å². The lowest BCUT2D eigenvalue weighted by Gasteiger charge is -2.14. The first-order valence-electron chi connectivity index (χ1n) is 10.0. The molecule has 1 N–H and O–H groups in total. The van der Waals surface area contributed by atoms with Gasteiger partial charge >= 0.3 is 11.9 Å². The zero-order valence-corrected chi connectivity index (χ0v) is 21.5. The highest BCUT2D eigenvalue weighted by Crippen LogP contribution is 2.42. The second kappa shape index (κ2) is 11.5. The number of halogens is 5. The van der Waals surface area contributed by atoms with Crippen molar-refractivity contribution in [2.45, 2.75) is 6.18 Å². The molecule has 0 heterocycles. The number of carbonyl (C=O) groups is 1. The van der Waals surface area contributed by atoms with Crippen LogP contribution in [0.15, 0.2) is 60.2 Å². The third kappa shape index (κ3) is 6.89. The quantitative estimate of drug-likeness (QED) is 0.0956. The maximum absolute atomic E-state index is 13.0. The summed E-state index contributed by atoms with van der Waals surface area (Å²) < 4.78 is 50.2. The van der Waals surface area contributed by atoms with Gasteiger partial charge in [0, 0.05) is 16.8 Å². The Kier molecular flexibility index (Phi) is 8.61. The van der Waals surface area contributed by atoms with Crippen molar-refractivity contribution in [2.75, 3.05) is 12.4 Å². The molecule has 0 aromatic heterocycles. The van der Waals surface area contributed by atoms with Crippen molar-refractivity contribution in [3.8, 4) is 23.3 Å². The highest BCUT2D eigenvalue weighted by Gasteiger charge is 2.33. The van der Waals surface area contributed by atoms with Crippen molar-refractivity contribution in [3.63, 3.8) is 0 Å². The molecule has 0 bridgehead atoms. The average molecular weight is 644 g/mol. The zero-order chi connectivity index (χ0) is 27.3. The van der Waals surface area contributed by atoms with E-state index in [1.54, 1.807) is 24.3 Å². The van der Waals surface area contributed by atoms with E-state index < -0.39 is 34.0 Å². The number of rotatable bonds is 7. The molecule has 0 aliphatic heterocycles. The molecule has 8 nitrogen and oxygen atoms in total. The Morgan fingerprint density at radius 3 is 2.41 bits per heavy atom. The molecule has 0 fully saturated rings. The molecule has 37 heavy (non-hydrogen) atoms. The lowest BCUT2D eigenvalue weighted by molar-refractivity contribution is -0.385. The number of nitriles is 1. The summed E-state index contributed by atoms with van der Waals surface area (Å²) in [6.45, 7) is 0. The summed E-state index contributed by atoms with van der Waals surface area (Å²) in [4.78, 5) is 22.9. The van der Waals surface area contributed by atoms with Crippen molar-refractivity contribution in [2.24, 2.45) is 0 Å². The minimum absolute atomic E-state index is 0.00719. The van der Waals surface area contributed by atoms with Crippen LogP contribution in [0.4, 0.5) is 24.5 Å². The number of hydrogen-bond donors (Lipinski definition) is 1. The zero-order valence-electron chi connectivity index (χ0n) is 18.6. The van der Waals surface area contributed by atoms with Gasteiger partial charge in [0.25, 0.3) is 5.91 Å². The van der Waals surface area contributed by atoms with Gasteiger partial charge in [-0.3, -0.25) is 14.9 Å². The third-order valence-electron chi connectivity index (χ3n) is 4.72. The summed E-state index contributed by atoms with van der Waals surface area (Å²) in [6.07, 6.45) is -3.48. The summed E-state index contributed by atoms with van der Waals surface area (Å²) in [7, 11) is 1.28. The predicted octanol–water partition coefficient (Wildman–Crippen LogP) is 7.22. The molecule has 0 aliphatic carbocycles. The van der Waals surface area contributed by atoms with Crippen molar-refractivity contribution >= 4 is 57.5 Å². The SMILES string of the molecule is COc1cc(/C=C(\C#N)C(=O)Nc2ccc(Cl)cc2)cc(I)c1Oc1ccc(C(F)(F)F)cc1[N+](=O)[O-]. The van der Waals surface area contributed by atoms with Gasteiger partial charge in [-0.2, -0.15) is 18.4 Å². The number of amides is 1. The van der Waals surface area contributed by atoms with Gasteiger partial charge in [-0.25, -0.2) is 0 Å². The number of ether oxygens (including phenoxy) is 2. The second-order valence-electron chi connectivity index (χ2n) is 7.20. The highest BCUT2D eigenvalue weighted by molar-refractivity contribution is 14.1. The van der Waals surface area contributed by atoms with E-state index >= 15 is 0 Å². The van der Waals surface area contributed by atoms with Gasteiger partial charge in [0.1, 0.15) is 11.6 Å². The number of nitrogens with zero attached hydrogens (tertiary/aromatic N) is 2. The molecule has 0 unspecified atom stereocenters. The number of anilines is 1. The Morgan fingerprint density at radius 1 is 1.16 bits per heavy atom. The molecule has 0 saturated carbocycles. The maximum Gasteiger partial charge on any atom is 0.416 e. The van der Waals surface area contributed by atoms with E-state index in [0.29, 0.717) is 32.0 Å². The monoisotopic (exact) mass is 643 g/mol. The van der Waals surface area contributed by atoms with Crippen LogP contribution in [0.25, 0.3) is 6.08 Å². The van der Waals surface area contributed by atoms with E-state index in [2.05, 4.69) is 5.32 Å². The first-order chi connectivity index (χ1) is 17.4. The van der Waals surface area contributed by atoms with Gasteiger partial charge in [0.2, 0.25) is 5.75 Å². The fourth-order valence-electron chi connectivity index (χ4n) is 3.00. The Balaban J connectivity index is 1.94. The summed E-state index contributed by atoms with van der Waals surface area (Å²) in [5, 5.41) is 23.9. The average Bonchev–Trinajstić information content (AvgIpc) is 2.84. The number of nitrogens with one attached hydrogen (secondary N) is 1. The number of nitro groups is 1. The van der Waals surface area contributed by atoms with Crippen molar-refractivity contribution in [1.29, 1.82) is 5.26 Å². The van der Waals surface area contributed by atoms with E-state index in [9.17, 15) is 33.3 Å². The fraction of sp³-hybridized carbons (Fsp3) is 0.0833. The van der Waals surface area contributed by atoms with Crippen LogP contribution in [0.2, 0.25) is 5.02 Å². The highest BCUT2D eigenvalue weighted by atomic mass is 127. The maximum atomic E-state index is 13.0. The van der Waals surface area contributed by atoms with Crippen molar-refractivity contribution < 1.29 is 32.4 Å². The van der Waals surface area contributed by atoms with Gasteiger partial charge in [-0.15, -0.1) is 0 Å². The smallest absolute Gasteiger partial charge is 0.416 e. The number of carbonyl (C=O) groups excluding carboxylic acids is 1. The normalized spacial score (nSPS) is 11.4. The van der Waals surface area contributed by atoms with E-state index in [-0.39, 0.29) is 17.1 Å². The van der Waals surface area contributed by atoms with Gasteiger partial charge < -0.3 is 14.8 Å². The molecule has 190 valence electrons. The molecule has 13 heteroatoms. The first kappa shape index (κ1) is 27.8. The molecule has 0 aliphatic rings. The molecule has 3 aromatic carbocycles. The van der Waals surface area contributed by atoms with Gasteiger partial charge in [0.05, 0.1) is 21.2 Å². The standard InChI is InChI=1S/C24H14ClF3IN3O5/c1-36-21-10-13(8-14(12-30)23(33)31-17-5-3-16(25)4-6-17)9-18(29)22(21)37-20-7-2-15(24(26,27)28)11-19(20)32(34)35/h2-11H,1H3,(H,31,33)/b14-8+. The minimum Gasteiger partial charge on any atom is -0.493 e. The van der Waals surface area contributed by atoms with Crippen molar-refractivity contribution in [1.82, 2.24) is 0 Å². The van der Waals surface area contributed by atoms with Gasteiger partial charge in [0.15, 0.2) is 11.5 Å². The molecule has 3 rings (SSSR count). The molecule has 1 amide bonds. The van der Waals surface area contributed by atoms with Crippen LogP contribution in [-0.4, -0.2) is 17.9 Å². The number of nitro benzene ring substituents is 1. The van der Waals surface area contributed by atoms with E-state index in [1.807, 2.05) is 28.7 Å². The minimum atomic E-state index is -4.78. The summed E-state index contributed by atoms with van der Waals surface area (Å²) in [6, 6.07) is 12.9. The number of hydrogen-bond acceptors (Lipinski definition) is 6. The molecule has 0 saturated heterocycles. The number of methoxy groups -OCH3 is 1. The summed E-state index contributed by atoms with van der Waals surface area (Å²) in [5.74, 6) is -1.06. The Bertz CT molecular complexity index is 1440. The van der Waals surface area contributed by atoms with Crippen LogP contribution in [-0.2, 0) is 11.0 Å². The molecule has 0 spiro atoms. The third-order valence-corrected chi connectivity index (χ3v) is 5.78. The van der Waals surface area contributed by atoms with Crippen LogP contribution >= 0.6 is 34.2 Å². The first-order valence-corrected chi connectivity index (χ1v) is 11.5. The number of benzene rings is 3. The van der Waals surface area contributed by atoms with Gasteiger partial charge in [-0.05, 0) is 82.8 Å². The fourth-order valence-corrected chi connectivity index (χ4v) is 3.86.